The number of benzene rings is 3. The molecule has 0 aliphatic carbocycles. The Bertz CT molecular complexity index is 2140. The number of pyridine rings is 1. The van der Waals surface area contributed by atoms with Crippen LogP contribution in [0.4, 0.5) is 24.7 Å². The molecule has 1 unspecified atom stereocenters. The minimum Gasteiger partial charge on any atom is -0.354 e. The fourth-order valence-corrected chi connectivity index (χ4v) is 7.05. The summed E-state index contributed by atoms with van der Waals surface area (Å²) in [4.78, 5) is 51.8. The number of imide groups is 1. The molecule has 0 saturated carbocycles. The Morgan fingerprint density at radius 2 is 1.58 bits per heavy atom. The topological polar surface area (TPSA) is 117 Å². The van der Waals surface area contributed by atoms with Gasteiger partial charge in [-0.1, -0.05) is 48.5 Å². The molecule has 1 N–H and O–H groups in total. The third-order valence-electron chi connectivity index (χ3n) is 9.56. The number of halogens is 3. The zero-order valence-corrected chi connectivity index (χ0v) is 26.7. The highest BCUT2D eigenvalue weighted by molar-refractivity contribution is 6.27. The first-order valence-corrected chi connectivity index (χ1v) is 16.4. The number of alkyl halides is 3. The molecule has 14 heteroatoms. The van der Waals surface area contributed by atoms with Crippen molar-refractivity contribution in [3.05, 3.63) is 107 Å². The molecule has 0 radical (unpaired) electrons. The number of nitrogens with one attached hydrogen (secondary N) is 1. The van der Waals surface area contributed by atoms with Crippen molar-refractivity contribution >= 4 is 40.0 Å². The lowest BCUT2D eigenvalue weighted by atomic mass is 9.95. The van der Waals surface area contributed by atoms with Crippen molar-refractivity contribution in [2.24, 2.45) is 0 Å². The van der Waals surface area contributed by atoms with Gasteiger partial charge in [-0.25, -0.2) is 14.6 Å². The van der Waals surface area contributed by atoms with Gasteiger partial charge in [-0.05, 0) is 59.2 Å². The lowest BCUT2D eigenvalue weighted by Crippen LogP contribution is -2.53. The van der Waals surface area contributed by atoms with Crippen molar-refractivity contribution < 1.29 is 27.6 Å². The largest absolute Gasteiger partial charge is 0.453 e. The van der Waals surface area contributed by atoms with Gasteiger partial charge in [0.05, 0.1) is 5.69 Å². The van der Waals surface area contributed by atoms with Crippen molar-refractivity contribution in [1.82, 2.24) is 30.0 Å². The van der Waals surface area contributed by atoms with Gasteiger partial charge in [-0.2, -0.15) is 13.2 Å². The highest BCUT2D eigenvalue weighted by Crippen LogP contribution is 2.41. The Kier molecular flexibility index (Phi) is 7.82. The highest BCUT2D eigenvalue weighted by atomic mass is 19.4. The van der Waals surface area contributed by atoms with E-state index in [0.29, 0.717) is 43.0 Å². The maximum absolute atomic E-state index is 13.5. The molecule has 2 fully saturated rings. The molecule has 3 aromatic carbocycles. The molecule has 8 rings (SSSR count). The smallest absolute Gasteiger partial charge is 0.354 e. The van der Waals surface area contributed by atoms with Crippen LogP contribution in [-0.2, 0) is 28.7 Å². The van der Waals surface area contributed by atoms with E-state index >= 15 is 0 Å². The van der Waals surface area contributed by atoms with Crippen LogP contribution in [0, 0.1) is 0 Å². The Morgan fingerprint density at radius 1 is 0.840 bits per heavy atom. The SMILES string of the molecule is O=C1CCC(N2C(=O)c3cccc4c(Cc5ccc(CN6CCN(c7cccc(-n8cnc(C(F)(F)F)n8)n7)CC6)cc5)ccc2c34)C(=O)N1. The fourth-order valence-electron chi connectivity index (χ4n) is 7.05. The summed E-state index contributed by atoms with van der Waals surface area (Å²) >= 11 is 0. The summed E-state index contributed by atoms with van der Waals surface area (Å²) in [6, 6.07) is 22.6. The molecule has 5 aromatic rings. The van der Waals surface area contributed by atoms with Crippen molar-refractivity contribution in [1.29, 1.82) is 0 Å². The average Bonchev–Trinajstić information content (AvgIpc) is 3.72. The standard InChI is InChI=1S/C36H31F3N8O3/c37-36(38,39)35-40-21-46(43-35)30-6-2-5-29(41-30)45-17-15-44(16-18-45)20-23-9-7-22(8-10-23)19-24-11-12-27-32-25(24)3-1-4-26(32)34(50)47(27)28-13-14-31(48)42-33(28)49/h1-12,21,28H,13-20H2,(H,42,48,49). The zero-order chi connectivity index (χ0) is 34.6. The third-order valence-corrected chi connectivity index (χ3v) is 9.56. The first-order chi connectivity index (χ1) is 24.1. The number of carbonyl (C=O) groups is 3. The molecule has 3 aliphatic rings. The summed E-state index contributed by atoms with van der Waals surface area (Å²) in [6.45, 7) is 3.80. The number of hydrogen-bond acceptors (Lipinski definition) is 8. The van der Waals surface area contributed by atoms with E-state index < -0.39 is 23.9 Å². The molecule has 11 nitrogen and oxygen atoms in total. The highest BCUT2D eigenvalue weighted by Gasteiger charge is 2.41. The summed E-state index contributed by atoms with van der Waals surface area (Å²) in [5.41, 5.74) is 4.66. The average molecular weight is 681 g/mol. The van der Waals surface area contributed by atoms with E-state index in [2.05, 4.69) is 54.4 Å². The third kappa shape index (κ3) is 5.85. The Balaban J connectivity index is 0.908. The second-order valence-corrected chi connectivity index (χ2v) is 12.7. The van der Waals surface area contributed by atoms with Crippen LogP contribution in [0.5, 0.6) is 0 Å². The summed E-state index contributed by atoms with van der Waals surface area (Å²) in [5.74, 6) is -1.24. The van der Waals surface area contributed by atoms with Gasteiger partial charge >= 0.3 is 6.18 Å². The van der Waals surface area contributed by atoms with E-state index in [4.69, 9.17) is 0 Å². The molecule has 3 amide bonds. The lowest BCUT2D eigenvalue weighted by Gasteiger charge is -2.35. The Labute approximate surface area is 284 Å². The number of carbonyl (C=O) groups excluding carboxylic acids is 3. The van der Waals surface area contributed by atoms with Gasteiger partial charge in [0.2, 0.25) is 11.8 Å². The van der Waals surface area contributed by atoms with E-state index in [-0.39, 0.29) is 24.1 Å². The van der Waals surface area contributed by atoms with Crippen LogP contribution >= 0.6 is 0 Å². The van der Waals surface area contributed by atoms with Crippen LogP contribution in [0.15, 0.2) is 79.1 Å². The van der Waals surface area contributed by atoms with E-state index in [0.717, 1.165) is 52.5 Å². The molecule has 5 heterocycles. The van der Waals surface area contributed by atoms with E-state index in [9.17, 15) is 27.6 Å². The number of nitrogens with zero attached hydrogens (tertiary/aromatic N) is 7. The molecule has 0 spiro atoms. The summed E-state index contributed by atoms with van der Waals surface area (Å²) in [6.07, 6.45) is -2.44. The number of piperazine rings is 1. The predicted octanol–water partition coefficient (Wildman–Crippen LogP) is 4.51. The normalized spacial score (nSPS) is 18.3. The van der Waals surface area contributed by atoms with Crippen LogP contribution in [0.3, 0.4) is 0 Å². The summed E-state index contributed by atoms with van der Waals surface area (Å²) in [7, 11) is 0. The van der Waals surface area contributed by atoms with E-state index in [1.54, 1.807) is 23.1 Å². The second kappa shape index (κ2) is 12.4. The monoisotopic (exact) mass is 680 g/mol. The van der Waals surface area contributed by atoms with Gasteiger partial charge in [-0.3, -0.25) is 29.5 Å². The minimum absolute atomic E-state index is 0.196. The van der Waals surface area contributed by atoms with Crippen LogP contribution < -0.4 is 15.1 Å². The molecule has 2 aromatic heterocycles. The second-order valence-electron chi connectivity index (χ2n) is 12.7. The first kappa shape index (κ1) is 31.6. The molecule has 0 bridgehead atoms. The number of aromatic nitrogens is 4. The van der Waals surface area contributed by atoms with Gasteiger partial charge < -0.3 is 4.90 Å². The van der Waals surface area contributed by atoms with Crippen LogP contribution in [0.1, 0.15) is 45.7 Å². The van der Waals surface area contributed by atoms with Crippen LogP contribution in [0.2, 0.25) is 0 Å². The zero-order valence-electron chi connectivity index (χ0n) is 26.7. The Morgan fingerprint density at radius 3 is 2.32 bits per heavy atom. The molecule has 254 valence electrons. The summed E-state index contributed by atoms with van der Waals surface area (Å²) in [5, 5.41) is 7.71. The number of amides is 3. The number of anilines is 2. The fraction of sp³-hybridized carbons (Fsp3) is 0.278. The predicted molar refractivity (Wildman–Crippen MR) is 178 cm³/mol. The van der Waals surface area contributed by atoms with Gasteiger partial charge in [0.15, 0.2) is 5.82 Å². The molecule has 1 atom stereocenters. The van der Waals surface area contributed by atoms with Crippen molar-refractivity contribution in [2.75, 3.05) is 36.0 Å². The lowest BCUT2D eigenvalue weighted by molar-refractivity contribution is -0.145. The molecular weight excluding hydrogens is 649 g/mol. The van der Waals surface area contributed by atoms with E-state index in [1.807, 2.05) is 30.3 Å². The van der Waals surface area contributed by atoms with Gasteiger partial charge in [0.25, 0.3) is 11.7 Å². The first-order valence-electron chi connectivity index (χ1n) is 16.4. The van der Waals surface area contributed by atoms with E-state index in [1.165, 1.54) is 5.56 Å². The quantitative estimate of drug-likeness (QED) is 0.250. The van der Waals surface area contributed by atoms with Crippen LogP contribution in [-0.4, -0.2) is 74.6 Å². The Hall–Kier alpha value is -5.63. The molecule has 50 heavy (non-hydrogen) atoms. The maximum Gasteiger partial charge on any atom is 0.453 e. The number of hydrogen-bond donors (Lipinski definition) is 1. The molecule has 3 aliphatic heterocycles. The van der Waals surface area contributed by atoms with Gasteiger partial charge in [-0.15, -0.1) is 5.10 Å². The van der Waals surface area contributed by atoms with Crippen LogP contribution in [0.25, 0.3) is 16.6 Å². The minimum atomic E-state index is -4.62. The number of rotatable bonds is 7. The van der Waals surface area contributed by atoms with Gasteiger partial charge in [0, 0.05) is 50.1 Å². The van der Waals surface area contributed by atoms with Gasteiger partial charge in [0.1, 0.15) is 18.2 Å². The number of piperidine rings is 1. The maximum atomic E-state index is 13.5. The van der Waals surface area contributed by atoms with Crippen molar-refractivity contribution in [3.63, 3.8) is 0 Å². The molecule has 2 saturated heterocycles. The van der Waals surface area contributed by atoms with Crippen molar-refractivity contribution in [2.45, 2.75) is 38.0 Å². The van der Waals surface area contributed by atoms with Crippen molar-refractivity contribution in [3.8, 4) is 5.82 Å². The summed E-state index contributed by atoms with van der Waals surface area (Å²) < 4.78 is 39.9. The molecular formula is C36H31F3N8O3.